The highest BCUT2D eigenvalue weighted by molar-refractivity contribution is 5.80. The van der Waals surface area contributed by atoms with Crippen LogP contribution in [0.2, 0.25) is 0 Å². The molecule has 0 amide bonds. The minimum Gasteiger partial charge on any atom is -0.493 e. The van der Waals surface area contributed by atoms with Gasteiger partial charge >= 0.3 is 0 Å². The predicted molar refractivity (Wildman–Crippen MR) is 142 cm³/mol. The van der Waals surface area contributed by atoms with Crippen LogP contribution in [0.1, 0.15) is 57.2 Å². The summed E-state index contributed by atoms with van der Waals surface area (Å²) in [6.45, 7) is 18.5. The van der Waals surface area contributed by atoms with Crippen molar-refractivity contribution in [2.45, 2.75) is 60.2 Å². The molecule has 8 nitrogen and oxygen atoms in total. The fourth-order valence-electron chi connectivity index (χ4n) is 4.84. The molecule has 4 rings (SSSR count). The summed E-state index contributed by atoms with van der Waals surface area (Å²) in [5.41, 5.74) is 4.84. The van der Waals surface area contributed by atoms with Crippen LogP contribution in [-0.2, 0) is 4.74 Å². The topological polar surface area (TPSA) is 78.5 Å². The summed E-state index contributed by atoms with van der Waals surface area (Å²) in [5.74, 6) is 1.52. The van der Waals surface area contributed by atoms with Gasteiger partial charge in [0.25, 0.3) is 0 Å². The van der Waals surface area contributed by atoms with Gasteiger partial charge < -0.3 is 24.7 Å². The van der Waals surface area contributed by atoms with E-state index in [-0.39, 0.29) is 6.23 Å². The smallest absolute Gasteiger partial charge is 0.229 e. The summed E-state index contributed by atoms with van der Waals surface area (Å²) in [4.78, 5) is 17.6. The molecule has 1 aliphatic rings. The van der Waals surface area contributed by atoms with E-state index in [9.17, 15) is 0 Å². The van der Waals surface area contributed by atoms with E-state index in [0.29, 0.717) is 25.2 Å². The molecule has 1 atom stereocenters. The number of nitrogens with one attached hydrogen (secondary N) is 2. The van der Waals surface area contributed by atoms with Gasteiger partial charge in [0.1, 0.15) is 11.4 Å². The molecule has 0 bridgehead atoms. The molecule has 0 aliphatic carbocycles. The summed E-state index contributed by atoms with van der Waals surface area (Å²) < 4.78 is 12.3. The van der Waals surface area contributed by atoms with Crippen molar-refractivity contribution >= 4 is 22.7 Å². The number of benzene rings is 1. The van der Waals surface area contributed by atoms with Crippen molar-refractivity contribution in [1.82, 2.24) is 24.8 Å². The molecule has 0 saturated carbocycles. The molecule has 2 N–H and O–H groups in total. The van der Waals surface area contributed by atoms with Crippen LogP contribution in [0.25, 0.3) is 11.0 Å². The maximum Gasteiger partial charge on any atom is 0.229 e. The van der Waals surface area contributed by atoms with Crippen molar-refractivity contribution in [1.29, 1.82) is 0 Å². The molecule has 3 heterocycles. The number of anilines is 2. The van der Waals surface area contributed by atoms with E-state index >= 15 is 0 Å². The SMILES string of the molecule is CCN(CC)CCCOc1c(C)cc(Nc2nc([C@@H]3OCCN3C(C)C)c3cc[nH]c3n2)cc1C. The molecule has 1 aromatic carbocycles. The van der Waals surface area contributed by atoms with Crippen molar-refractivity contribution < 1.29 is 9.47 Å². The molecule has 35 heavy (non-hydrogen) atoms. The predicted octanol–water partition coefficient (Wildman–Crippen LogP) is 5.17. The fraction of sp³-hybridized carbons (Fsp3) is 0.556. The van der Waals surface area contributed by atoms with Gasteiger partial charge in [-0.15, -0.1) is 0 Å². The van der Waals surface area contributed by atoms with Crippen LogP contribution in [0.4, 0.5) is 11.6 Å². The first-order valence-electron chi connectivity index (χ1n) is 12.9. The van der Waals surface area contributed by atoms with Crippen molar-refractivity contribution in [3.63, 3.8) is 0 Å². The summed E-state index contributed by atoms with van der Waals surface area (Å²) in [5, 5.41) is 4.42. The lowest BCUT2D eigenvalue weighted by Gasteiger charge is -2.26. The molecule has 1 aliphatic heterocycles. The number of rotatable bonds is 11. The minimum atomic E-state index is -0.174. The Morgan fingerprint density at radius 3 is 2.63 bits per heavy atom. The van der Waals surface area contributed by atoms with Gasteiger partial charge in [0.05, 0.1) is 18.9 Å². The standard InChI is InChI=1S/C27H40N6O2/c1-7-32(8-2)12-9-14-34-24-19(5)16-21(17-20(24)6)29-27-30-23(22-10-11-28-25(22)31-27)26-33(18(3)4)13-15-35-26/h10-11,16-18,26H,7-9,12-15H2,1-6H3,(H2,28,29,30,31)/t26-/m0/s1. The first-order chi connectivity index (χ1) is 16.9. The monoisotopic (exact) mass is 480 g/mol. The van der Waals surface area contributed by atoms with Crippen LogP contribution in [0.5, 0.6) is 5.75 Å². The number of ether oxygens (including phenoxy) is 2. The van der Waals surface area contributed by atoms with Crippen molar-refractivity contribution in [3.05, 3.63) is 41.2 Å². The lowest BCUT2D eigenvalue weighted by molar-refractivity contribution is 0.0160. The number of aromatic nitrogens is 3. The van der Waals surface area contributed by atoms with Gasteiger partial charge in [0, 0.05) is 36.4 Å². The third-order valence-corrected chi connectivity index (χ3v) is 6.74. The van der Waals surface area contributed by atoms with Crippen LogP contribution in [0.15, 0.2) is 24.4 Å². The zero-order chi connectivity index (χ0) is 24.9. The van der Waals surface area contributed by atoms with Crippen LogP contribution in [-0.4, -0.2) is 70.2 Å². The molecule has 190 valence electrons. The number of fused-ring (bicyclic) bond motifs is 1. The number of hydrogen-bond donors (Lipinski definition) is 2. The van der Waals surface area contributed by atoms with E-state index in [1.807, 2.05) is 12.3 Å². The lowest BCUT2D eigenvalue weighted by atomic mass is 10.1. The maximum atomic E-state index is 6.17. The quantitative estimate of drug-likeness (QED) is 0.367. The molecule has 0 unspecified atom stereocenters. The Morgan fingerprint density at radius 1 is 1.20 bits per heavy atom. The zero-order valence-corrected chi connectivity index (χ0v) is 22.0. The van der Waals surface area contributed by atoms with E-state index < -0.39 is 0 Å². The second-order valence-electron chi connectivity index (χ2n) is 9.52. The Morgan fingerprint density at radius 2 is 1.94 bits per heavy atom. The molecule has 2 aromatic heterocycles. The second-order valence-corrected chi connectivity index (χ2v) is 9.52. The van der Waals surface area contributed by atoms with Gasteiger partial charge in [-0.1, -0.05) is 13.8 Å². The van der Waals surface area contributed by atoms with Gasteiger partial charge in [-0.3, -0.25) is 4.90 Å². The Balaban J connectivity index is 1.51. The highest BCUT2D eigenvalue weighted by atomic mass is 16.5. The van der Waals surface area contributed by atoms with Crippen molar-refractivity contribution in [3.8, 4) is 5.75 Å². The Kier molecular flexibility index (Phi) is 8.26. The highest BCUT2D eigenvalue weighted by Gasteiger charge is 2.32. The first-order valence-corrected chi connectivity index (χ1v) is 12.9. The number of nitrogens with zero attached hydrogens (tertiary/aromatic N) is 4. The summed E-state index contributed by atoms with van der Waals surface area (Å²) >= 11 is 0. The molecular weight excluding hydrogens is 440 g/mol. The Bertz CT molecular complexity index is 1100. The minimum absolute atomic E-state index is 0.174. The number of hydrogen-bond acceptors (Lipinski definition) is 7. The van der Waals surface area contributed by atoms with E-state index in [1.54, 1.807) is 0 Å². The van der Waals surface area contributed by atoms with Crippen LogP contribution in [0.3, 0.4) is 0 Å². The van der Waals surface area contributed by atoms with Gasteiger partial charge in [0.2, 0.25) is 5.95 Å². The lowest BCUT2D eigenvalue weighted by Crippen LogP contribution is -2.31. The maximum absolute atomic E-state index is 6.17. The summed E-state index contributed by atoms with van der Waals surface area (Å²) in [6.07, 6.45) is 2.75. The molecular formula is C27H40N6O2. The Hall–Kier alpha value is -2.68. The fourth-order valence-corrected chi connectivity index (χ4v) is 4.84. The normalized spacial score (nSPS) is 16.6. The van der Waals surface area contributed by atoms with Crippen molar-refractivity contribution in [2.75, 3.05) is 44.7 Å². The summed E-state index contributed by atoms with van der Waals surface area (Å²) in [7, 11) is 0. The first kappa shape index (κ1) is 25.4. The third kappa shape index (κ3) is 5.77. The van der Waals surface area contributed by atoms with Gasteiger partial charge in [-0.05, 0) is 76.5 Å². The molecule has 1 saturated heterocycles. The second kappa shape index (κ2) is 11.4. The summed E-state index contributed by atoms with van der Waals surface area (Å²) in [6, 6.07) is 6.59. The highest BCUT2D eigenvalue weighted by Crippen LogP contribution is 2.33. The number of H-pyrrole nitrogens is 1. The number of aryl methyl sites for hydroxylation is 2. The molecule has 0 radical (unpaired) electrons. The average molecular weight is 481 g/mol. The van der Waals surface area contributed by atoms with E-state index in [0.717, 1.165) is 71.9 Å². The van der Waals surface area contributed by atoms with Crippen LogP contribution in [0, 0.1) is 13.8 Å². The van der Waals surface area contributed by atoms with Crippen LogP contribution >= 0.6 is 0 Å². The average Bonchev–Trinajstić information content (AvgIpc) is 3.50. The molecule has 8 heteroatoms. The van der Waals surface area contributed by atoms with Gasteiger partial charge in [-0.2, -0.15) is 4.98 Å². The molecule has 3 aromatic rings. The zero-order valence-electron chi connectivity index (χ0n) is 22.0. The third-order valence-electron chi connectivity index (χ3n) is 6.74. The van der Waals surface area contributed by atoms with E-state index in [4.69, 9.17) is 19.4 Å². The Labute approximate surface area is 209 Å². The molecule has 0 spiro atoms. The van der Waals surface area contributed by atoms with E-state index in [2.05, 4.69) is 73.8 Å². The van der Waals surface area contributed by atoms with Crippen molar-refractivity contribution in [2.24, 2.45) is 0 Å². The van der Waals surface area contributed by atoms with E-state index in [1.165, 1.54) is 0 Å². The molecule has 1 fully saturated rings. The van der Waals surface area contributed by atoms with Gasteiger partial charge in [-0.25, -0.2) is 4.98 Å². The van der Waals surface area contributed by atoms with Crippen LogP contribution < -0.4 is 10.1 Å². The largest absolute Gasteiger partial charge is 0.493 e. The number of aromatic amines is 1. The van der Waals surface area contributed by atoms with Gasteiger partial charge in [0.15, 0.2) is 6.23 Å².